The Hall–Kier alpha value is -0.200. The van der Waals surface area contributed by atoms with E-state index in [9.17, 15) is 5.11 Å². The molecule has 0 aliphatic carbocycles. The Balaban J connectivity index is 2.58. The van der Waals surface area contributed by atoms with Crippen LogP contribution in [0.3, 0.4) is 0 Å². The number of thioether (sulfide) groups is 1. The van der Waals surface area contributed by atoms with Gasteiger partial charge >= 0.3 is 0 Å². The molecule has 3 heteroatoms. The summed E-state index contributed by atoms with van der Waals surface area (Å²) in [6.45, 7) is 2.03. The third-order valence-corrected chi connectivity index (χ3v) is 2.82. The number of hydrogen-bond donors (Lipinski definition) is 1. The van der Waals surface area contributed by atoms with E-state index in [1.165, 1.54) is 0 Å². The van der Waals surface area contributed by atoms with E-state index in [4.69, 9.17) is 5.26 Å². The van der Waals surface area contributed by atoms with Gasteiger partial charge in [0.2, 0.25) is 0 Å². The lowest BCUT2D eigenvalue weighted by Gasteiger charge is -2.08. The van der Waals surface area contributed by atoms with E-state index in [0.717, 1.165) is 0 Å². The summed E-state index contributed by atoms with van der Waals surface area (Å²) in [7, 11) is 0. The molecule has 0 aromatic rings. The van der Waals surface area contributed by atoms with Gasteiger partial charge in [0.25, 0.3) is 0 Å². The van der Waals surface area contributed by atoms with Crippen molar-refractivity contribution in [3.63, 3.8) is 0 Å². The van der Waals surface area contributed by atoms with Crippen molar-refractivity contribution >= 4 is 11.8 Å². The number of hydrogen-bond acceptors (Lipinski definition) is 3. The maximum atomic E-state index is 9.29. The molecule has 2 atom stereocenters. The summed E-state index contributed by atoms with van der Waals surface area (Å²) >= 11 is 1.66. The van der Waals surface area contributed by atoms with Crippen LogP contribution in [0.25, 0.3) is 0 Å². The molecule has 0 unspecified atom stereocenters. The topological polar surface area (TPSA) is 44.0 Å². The van der Waals surface area contributed by atoms with Crippen molar-refractivity contribution in [2.24, 2.45) is 0 Å². The average molecular weight is 143 g/mol. The molecule has 1 rings (SSSR count). The van der Waals surface area contributed by atoms with Crippen LogP contribution in [0.5, 0.6) is 0 Å². The minimum absolute atomic E-state index is 0.439. The van der Waals surface area contributed by atoms with Gasteiger partial charge < -0.3 is 5.11 Å². The van der Waals surface area contributed by atoms with E-state index in [-0.39, 0.29) is 0 Å². The highest BCUT2D eigenvalue weighted by Crippen LogP contribution is 2.33. The van der Waals surface area contributed by atoms with Crippen LogP contribution < -0.4 is 0 Å². The van der Waals surface area contributed by atoms with Crippen LogP contribution in [0.15, 0.2) is 0 Å². The van der Waals surface area contributed by atoms with Crippen molar-refractivity contribution in [1.82, 2.24) is 0 Å². The van der Waals surface area contributed by atoms with Gasteiger partial charge in [0.05, 0.1) is 6.07 Å². The van der Waals surface area contributed by atoms with Crippen molar-refractivity contribution in [2.75, 3.05) is 5.75 Å². The summed E-state index contributed by atoms with van der Waals surface area (Å²) in [4.78, 5) is 0. The molecule has 1 N–H and O–H groups in total. The monoisotopic (exact) mass is 143 g/mol. The van der Waals surface area contributed by atoms with E-state index in [1.54, 1.807) is 11.8 Å². The van der Waals surface area contributed by atoms with Gasteiger partial charge in [-0.2, -0.15) is 17.0 Å². The van der Waals surface area contributed by atoms with Crippen LogP contribution in [-0.2, 0) is 0 Å². The van der Waals surface area contributed by atoms with Crippen molar-refractivity contribution in [3.05, 3.63) is 0 Å². The van der Waals surface area contributed by atoms with Crippen LogP contribution in [0.2, 0.25) is 0 Å². The Bertz CT molecular complexity index is 154. The minimum Gasteiger partial charge on any atom is -0.374 e. The van der Waals surface area contributed by atoms with E-state index in [1.807, 2.05) is 13.0 Å². The van der Waals surface area contributed by atoms with Crippen molar-refractivity contribution in [2.45, 2.75) is 24.2 Å². The second-order valence-electron chi connectivity index (χ2n) is 2.47. The van der Waals surface area contributed by atoms with Gasteiger partial charge in [-0.3, -0.25) is 0 Å². The molecule has 1 heterocycles. The SMILES string of the molecule is C[C@@H]1C[C@@](O)(C#N)CS1. The third kappa shape index (κ3) is 1.38. The predicted octanol–water partition coefficient (Wildman–Crippen LogP) is 0.766. The fraction of sp³-hybridized carbons (Fsp3) is 0.833. The lowest BCUT2D eigenvalue weighted by atomic mass is 10.0. The first-order valence-electron chi connectivity index (χ1n) is 2.91. The number of nitrogens with zero attached hydrogens (tertiary/aromatic N) is 1. The number of rotatable bonds is 0. The zero-order chi connectivity index (χ0) is 6.91. The minimum atomic E-state index is -1.02. The molecule has 0 bridgehead atoms. The van der Waals surface area contributed by atoms with Crippen molar-refractivity contribution in [3.8, 4) is 6.07 Å². The first-order chi connectivity index (χ1) is 4.16. The standard InChI is InChI=1S/C6H9NOS/c1-5-2-6(8,3-7)4-9-5/h5,8H,2,4H2,1H3/t5-,6-/m1/s1. The summed E-state index contributed by atoms with van der Waals surface area (Å²) in [5.74, 6) is 0.574. The summed E-state index contributed by atoms with van der Waals surface area (Å²) in [6.07, 6.45) is 0.619. The first kappa shape index (κ1) is 6.91. The molecular formula is C6H9NOS. The zero-order valence-electron chi connectivity index (χ0n) is 5.29. The molecule has 1 fully saturated rings. The molecular weight excluding hydrogens is 134 g/mol. The zero-order valence-corrected chi connectivity index (χ0v) is 6.11. The molecule has 0 saturated carbocycles. The molecule has 1 saturated heterocycles. The Morgan fingerprint density at radius 1 is 1.89 bits per heavy atom. The molecule has 50 valence electrons. The smallest absolute Gasteiger partial charge is 0.161 e. The largest absolute Gasteiger partial charge is 0.374 e. The third-order valence-electron chi connectivity index (χ3n) is 1.44. The molecule has 2 nitrogen and oxygen atoms in total. The van der Waals surface area contributed by atoms with Crippen LogP contribution in [0.4, 0.5) is 0 Å². The van der Waals surface area contributed by atoms with Gasteiger partial charge in [-0.25, -0.2) is 0 Å². The van der Waals surface area contributed by atoms with Crippen LogP contribution >= 0.6 is 11.8 Å². The van der Waals surface area contributed by atoms with Gasteiger partial charge in [-0.15, -0.1) is 0 Å². The molecule has 0 amide bonds. The van der Waals surface area contributed by atoms with E-state index >= 15 is 0 Å². The normalized spacial score (nSPS) is 42.6. The summed E-state index contributed by atoms with van der Waals surface area (Å²) in [6, 6.07) is 1.91. The fourth-order valence-corrected chi connectivity index (χ4v) is 2.09. The highest BCUT2D eigenvalue weighted by atomic mass is 32.2. The van der Waals surface area contributed by atoms with E-state index in [2.05, 4.69) is 0 Å². The lowest BCUT2D eigenvalue weighted by molar-refractivity contribution is 0.123. The number of nitriles is 1. The van der Waals surface area contributed by atoms with Crippen molar-refractivity contribution in [1.29, 1.82) is 5.26 Å². The van der Waals surface area contributed by atoms with Gasteiger partial charge in [0.15, 0.2) is 5.60 Å². The molecule has 1 aliphatic heterocycles. The average Bonchev–Trinajstić information content (AvgIpc) is 2.13. The summed E-state index contributed by atoms with van der Waals surface area (Å²) in [5, 5.41) is 18.2. The lowest BCUT2D eigenvalue weighted by Crippen LogP contribution is -2.25. The first-order valence-corrected chi connectivity index (χ1v) is 3.96. The Labute approximate surface area is 58.9 Å². The second-order valence-corrected chi connectivity index (χ2v) is 3.90. The van der Waals surface area contributed by atoms with Gasteiger partial charge in [0.1, 0.15) is 0 Å². The molecule has 0 spiro atoms. The van der Waals surface area contributed by atoms with Crippen LogP contribution in [0, 0.1) is 11.3 Å². The molecule has 9 heavy (non-hydrogen) atoms. The van der Waals surface area contributed by atoms with E-state index < -0.39 is 5.60 Å². The molecule has 0 aromatic heterocycles. The number of aliphatic hydroxyl groups is 1. The predicted molar refractivity (Wildman–Crippen MR) is 37.1 cm³/mol. The van der Waals surface area contributed by atoms with Crippen molar-refractivity contribution < 1.29 is 5.11 Å². The quantitative estimate of drug-likeness (QED) is 0.509. The van der Waals surface area contributed by atoms with Crippen LogP contribution in [-0.4, -0.2) is 21.7 Å². The maximum Gasteiger partial charge on any atom is 0.161 e. The second kappa shape index (κ2) is 2.20. The highest BCUT2D eigenvalue weighted by molar-refractivity contribution is 8.00. The summed E-state index contributed by atoms with van der Waals surface area (Å²) < 4.78 is 0. The fourth-order valence-electron chi connectivity index (χ4n) is 0.951. The highest BCUT2D eigenvalue weighted by Gasteiger charge is 2.35. The van der Waals surface area contributed by atoms with Crippen LogP contribution in [0.1, 0.15) is 13.3 Å². The van der Waals surface area contributed by atoms with Gasteiger partial charge in [0, 0.05) is 17.4 Å². The molecule has 1 aliphatic rings. The molecule has 0 aromatic carbocycles. The Kier molecular flexibility index (Phi) is 1.69. The Morgan fingerprint density at radius 2 is 2.56 bits per heavy atom. The van der Waals surface area contributed by atoms with E-state index in [0.29, 0.717) is 17.4 Å². The Morgan fingerprint density at radius 3 is 2.78 bits per heavy atom. The summed E-state index contributed by atoms with van der Waals surface area (Å²) in [5.41, 5.74) is -1.02. The maximum absolute atomic E-state index is 9.29. The molecule has 0 radical (unpaired) electrons. The van der Waals surface area contributed by atoms with Gasteiger partial charge in [-0.05, 0) is 0 Å². The van der Waals surface area contributed by atoms with Gasteiger partial charge in [-0.1, -0.05) is 6.92 Å².